The second-order valence-corrected chi connectivity index (χ2v) is 18.6. The highest BCUT2D eigenvalue weighted by molar-refractivity contribution is 8.00. The second kappa shape index (κ2) is 15.6. The number of aryl methyl sites for hydroxylation is 1. The molecule has 0 radical (unpaired) electrons. The van der Waals surface area contributed by atoms with Gasteiger partial charge < -0.3 is 12.9 Å². The Morgan fingerprint density at radius 3 is 1.12 bits per heavy atom. The van der Waals surface area contributed by atoms with Gasteiger partial charge in [0.15, 0.2) is 18.6 Å². The van der Waals surface area contributed by atoms with Crippen molar-refractivity contribution in [1.82, 2.24) is 0 Å². The summed E-state index contributed by atoms with van der Waals surface area (Å²) in [5.74, 6) is -4.27. The molecule has 0 saturated carbocycles. The van der Waals surface area contributed by atoms with E-state index in [1.165, 1.54) is 6.92 Å². The van der Waals surface area contributed by atoms with E-state index >= 15 is 4.57 Å². The minimum Gasteiger partial charge on any atom is -0.375 e. The van der Waals surface area contributed by atoms with Crippen LogP contribution in [-0.2, 0) is 49.5 Å². The molecule has 0 heterocycles. The fraction of sp³-hybridized carbons (Fsp3) is 0.226. The minimum absolute atomic E-state index is 0.171. The molecule has 0 atom stereocenters. The number of benzene rings is 4. The Morgan fingerprint density at radius 1 is 0.483 bits per heavy atom. The molecular formula is C31H15F18O7PS3. The fourth-order valence-corrected chi connectivity index (χ4v) is 10.2. The molecule has 0 amide bonds. The van der Waals surface area contributed by atoms with Crippen LogP contribution in [0.3, 0.4) is 0 Å². The molecule has 0 unspecified atom stereocenters. The number of alkyl halides is 18. The van der Waals surface area contributed by atoms with E-state index < -0.39 is 159 Å². The van der Waals surface area contributed by atoms with Crippen molar-refractivity contribution in [3.63, 3.8) is 0 Å². The predicted octanol–water partition coefficient (Wildman–Crippen LogP) is 10.3. The SMILES string of the molecule is Cc1ccc(Sc2c(OS(=O)(=O)C(F)(F)F)ccc(OS(=O)(=O)C(F)(F)F)c2P(=O)(c2cc(C(F)(F)F)cc(C(F)(F)F)c2)c2cc(C(F)(F)F)cc(C(F)(F)F)c2)cc1. The van der Waals surface area contributed by atoms with Gasteiger partial charge in [0.1, 0.15) is 0 Å². The Hall–Kier alpha value is -4.30. The van der Waals surface area contributed by atoms with E-state index in [0.29, 0.717) is 5.56 Å². The molecule has 29 heteroatoms. The van der Waals surface area contributed by atoms with Gasteiger partial charge in [0.25, 0.3) is 0 Å². The Labute approximate surface area is 327 Å². The predicted molar refractivity (Wildman–Crippen MR) is 172 cm³/mol. The summed E-state index contributed by atoms with van der Waals surface area (Å²) in [6.07, 6.45) is -24.1. The van der Waals surface area contributed by atoms with E-state index in [0.717, 1.165) is 24.3 Å². The fourth-order valence-electron chi connectivity index (χ4n) is 4.77. The van der Waals surface area contributed by atoms with Crippen molar-refractivity contribution in [2.24, 2.45) is 0 Å². The number of rotatable bonds is 9. The molecule has 4 aromatic rings. The molecule has 4 aromatic carbocycles. The van der Waals surface area contributed by atoms with Gasteiger partial charge in [-0.1, -0.05) is 29.5 Å². The van der Waals surface area contributed by atoms with Crippen LogP contribution >= 0.6 is 18.9 Å². The van der Waals surface area contributed by atoms with E-state index in [1.54, 1.807) is 0 Å². The van der Waals surface area contributed by atoms with Crippen molar-refractivity contribution in [3.05, 3.63) is 101 Å². The van der Waals surface area contributed by atoms with Crippen LogP contribution in [0.2, 0.25) is 0 Å². The van der Waals surface area contributed by atoms with Gasteiger partial charge in [0.05, 0.1) is 32.5 Å². The number of hydrogen-bond acceptors (Lipinski definition) is 8. The lowest BCUT2D eigenvalue weighted by molar-refractivity contribution is -0.144. The molecule has 4 rings (SSSR count). The maximum absolute atomic E-state index is 15.8. The third-order valence-corrected chi connectivity index (χ3v) is 13.7. The van der Waals surface area contributed by atoms with E-state index in [9.17, 15) is 95.9 Å². The van der Waals surface area contributed by atoms with E-state index in [2.05, 4.69) is 8.37 Å². The first kappa shape index (κ1) is 48.4. The summed E-state index contributed by atoms with van der Waals surface area (Å²) in [4.78, 5) is -2.35. The Morgan fingerprint density at radius 2 is 0.800 bits per heavy atom. The highest BCUT2D eigenvalue weighted by Crippen LogP contribution is 2.54. The lowest BCUT2D eigenvalue weighted by atomic mass is 10.1. The molecular weight excluding hydrogens is 953 g/mol. The molecule has 330 valence electrons. The Kier molecular flexibility index (Phi) is 12.5. The molecule has 0 spiro atoms. The van der Waals surface area contributed by atoms with Crippen molar-refractivity contribution < 1.29 is 109 Å². The van der Waals surface area contributed by atoms with Crippen LogP contribution in [0.5, 0.6) is 11.5 Å². The first-order valence-electron chi connectivity index (χ1n) is 14.9. The van der Waals surface area contributed by atoms with Gasteiger partial charge in [0, 0.05) is 15.5 Å². The summed E-state index contributed by atoms with van der Waals surface area (Å²) in [6.45, 7) is 1.37. The topological polar surface area (TPSA) is 104 Å². The van der Waals surface area contributed by atoms with Gasteiger partial charge in [-0.05, 0) is 67.6 Å². The Balaban J connectivity index is 2.48. The third-order valence-electron chi connectivity index (χ3n) is 7.45. The molecule has 60 heavy (non-hydrogen) atoms. The third kappa shape index (κ3) is 10.2. The second-order valence-electron chi connectivity index (χ2n) is 11.8. The van der Waals surface area contributed by atoms with Crippen LogP contribution in [0.1, 0.15) is 27.8 Å². The normalized spacial score (nSPS) is 14.0. The molecule has 0 N–H and O–H groups in total. The summed E-state index contributed by atoms with van der Waals surface area (Å²) >= 11 is -0.370. The van der Waals surface area contributed by atoms with Crippen LogP contribution in [0, 0.1) is 6.92 Å². The highest BCUT2D eigenvalue weighted by Gasteiger charge is 2.53. The lowest BCUT2D eigenvalue weighted by Gasteiger charge is -2.28. The van der Waals surface area contributed by atoms with Crippen LogP contribution < -0.4 is 24.3 Å². The number of hydrogen-bond donors (Lipinski definition) is 0. The molecule has 0 aliphatic carbocycles. The monoisotopic (exact) mass is 968 g/mol. The average Bonchev–Trinajstić information content (AvgIpc) is 3.07. The van der Waals surface area contributed by atoms with E-state index in [-0.39, 0.29) is 23.9 Å². The summed E-state index contributed by atoms with van der Waals surface area (Å²) in [5, 5.41) is -6.73. The molecule has 0 fully saturated rings. The summed E-state index contributed by atoms with van der Waals surface area (Å²) in [5.41, 5.74) is -23.0. The summed E-state index contributed by atoms with van der Waals surface area (Å²) in [7, 11) is -21.3. The first-order chi connectivity index (χ1) is 26.8. The van der Waals surface area contributed by atoms with E-state index in [4.69, 9.17) is 0 Å². The van der Waals surface area contributed by atoms with Crippen molar-refractivity contribution >= 4 is 55.1 Å². The molecule has 0 aliphatic heterocycles. The molecule has 0 aliphatic rings. The quantitative estimate of drug-likeness (QED) is 0.0707. The number of halogens is 18. The van der Waals surface area contributed by atoms with Crippen LogP contribution in [0.4, 0.5) is 79.0 Å². The van der Waals surface area contributed by atoms with Gasteiger partial charge in [-0.15, -0.1) is 0 Å². The smallest absolute Gasteiger partial charge is 0.375 e. The highest BCUT2D eigenvalue weighted by atomic mass is 32.2. The maximum atomic E-state index is 15.8. The van der Waals surface area contributed by atoms with Crippen molar-refractivity contribution in [2.45, 2.75) is 52.4 Å². The maximum Gasteiger partial charge on any atom is 0.534 e. The van der Waals surface area contributed by atoms with Crippen LogP contribution in [0.15, 0.2) is 82.6 Å². The van der Waals surface area contributed by atoms with Crippen LogP contribution in [0.25, 0.3) is 0 Å². The Bertz CT molecular complexity index is 2410. The largest absolute Gasteiger partial charge is 0.534 e. The molecule has 0 aromatic heterocycles. The lowest BCUT2D eigenvalue weighted by Crippen LogP contribution is -2.34. The average molecular weight is 969 g/mol. The van der Waals surface area contributed by atoms with Gasteiger partial charge in [0.2, 0.25) is 0 Å². The van der Waals surface area contributed by atoms with Gasteiger partial charge >= 0.3 is 56.0 Å². The van der Waals surface area contributed by atoms with Crippen LogP contribution in [-0.4, -0.2) is 27.9 Å². The molecule has 0 saturated heterocycles. The van der Waals surface area contributed by atoms with Gasteiger partial charge in [-0.3, -0.25) is 0 Å². The van der Waals surface area contributed by atoms with Gasteiger partial charge in [-0.2, -0.15) is 95.9 Å². The molecule has 0 bridgehead atoms. The standard InChI is InChI=1S/C31H15F18O7PS3/c1-14-2-4-21(5-3-14)58-25-23(56-60(53,54)31(47,48)49)7-6-22(55-59(51,52)30(44,45)46)24(25)57(50,19-10-15(26(32,33)34)8-16(11-19)27(35,36)37)20-12-17(28(38,39)40)9-18(13-20)29(41,42)43/h2-13H,1H3. The summed E-state index contributed by atoms with van der Waals surface area (Å²) < 4.78 is 325. The van der Waals surface area contributed by atoms with E-state index in [1.807, 2.05) is 0 Å². The van der Waals surface area contributed by atoms with Gasteiger partial charge in [-0.25, -0.2) is 0 Å². The zero-order chi connectivity index (χ0) is 46.0. The zero-order valence-corrected chi connectivity index (χ0v) is 31.6. The zero-order valence-electron chi connectivity index (χ0n) is 28.3. The summed E-state index contributed by atoms with van der Waals surface area (Å²) in [6, 6.07) is -0.466. The van der Waals surface area contributed by atoms with Crippen molar-refractivity contribution in [2.75, 3.05) is 0 Å². The first-order valence-corrected chi connectivity index (χ1v) is 20.3. The van der Waals surface area contributed by atoms with Crippen molar-refractivity contribution in [1.29, 1.82) is 0 Å². The van der Waals surface area contributed by atoms with Crippen molar-refractivity contribution in [3.8, 4) is 11.5 Å². The minimum atomic E-state index is -7.28. The molecule has 7 nitrogen and oxygen atoms in total.